The second-order valence-electron chi connectivity index (χ2n) is 9.06. The lowest BCUT2D eigenvalue weighted by Crippen LogP contribution is -2.46. The van der Waals surface area contributed by atoms with Gasteiger partial charge in [0, 0.05) is 39.4 Å². The third-order valence-electron chi connectivity index (χ3n) is 6.28. The van der Waals surface area contributed by atoms with Crippen molar-refractivity contribution in [1.82, 2.24) is 15.2 Å². The molecule has 0 saturated heterocycles. The summed E-state index contributed by atoms with van der Waals surface area (Å²) in [6.45, 7) is -0.150. The van der Waals surface area contributed by atoms with Crippen LogP contribution in [-0.2, 0) is 29.4 Å². The van der Waals surface area contributed by atoms with Gasteiger partial charge in [-0.05, 0) is 60.5 Å². The van der Waals surface area contributed by atoms with Gasteiger partial charge in [0.2, 0.25) is 0 Å². The van der Waals surface area contributed by atoms with Crippen molar-refractivity contribution in [3.63, 3.8) is 0 Å². The molecule has 11 nitrogen and oxygen atoms in total. The smallest absolute Gasteiger partial charge is 0.447 e. The normalized spacial score (nSPS) is 12.1. The first-order valence-corrected chi connectivity index (χ1v) is 14.7. The summed E-state index contributed by atoms with van der Waals surface area (Å²) in [6, 6.07) is 8.89. The number of phosphoric acid groups is 1. The molecule has 0 aliphatic carbocycles. The third kappa shape index (κ3) is 9.60. The molecule has 15 heteroatoms. The Balaban J connectivity index is 1.60. The van der Waals surface area contributed by atoms with Crippen LogP contribution < -0.4 is 10.6 Å². The Labute approximate surface area is 247 Å². The van der Waals surface area contributed by atoms with Gasteiger partial charge in [0.25, 0.3) is 0 Å². The van der Waals surface area contributed by atoms with E-state index in [1.807, 2.05) is 0 Å². The zero-order chi connectivity index (χ0) is 30.7. The number of pyridine rings is 1. The average Bonchev–Trinajstić information content (AvgIpc) is 2.98. The first kappa shape index (κ1) is 33.2. The van der Waals surface area contributed by atoms with E-state index in [-0.39, 0.29) is 30.6 Å². The summed E-state index contributed by atoms with van der Waals surface area (Å²) < 4.78 is 59.4. The van der Waals surface area contributed by atoms with Gasteiger partial charge in [-0.2, -0.15) is 0 Å². The van der Waals surface area contributed by atoms with E-state index in [2.05, 4.69) is 15.6 Å². The fourth-order valence-electron chi connectivity index (χ4n) is 3.87. The number of halogens is 3. The van der Waals surface area contributed by atoms with Crippen molar-refractivity contribution in [2.24, 2.45) is 0 Å². The van der Waals surface area contributed by atoms with Crippen molar-refractivity contribution in [2.45, 2.75) is 31.8 Å². The molecule has 0 radical (unpaired) electrons. The molecule has 2 aromatic carbocycles. The molecule has 3 amide bonds. The van der Waals surface area contributed by atoms with Gasteiger partial charge in [-0.25, -0.2) is 27.9 Å². The Morgan fingerprint density at radius 1 is 1.10 bits per heavy atom. The molecule has 1 aromatic heterocycles. The fraction of sp³-hybridized carbons (Fsp3) is 0.370. The highest BCUT2D eigenvalue weighted by Gasteiger charge is 2.24. The van der Waals surface area contributed by atoms with Crippen molar-refractivity contribution in [3.8, 4) is 0 Å². The van der Waals surface area contributed by atoms with E-state index in [1.165, 1.54) is 62.7 Å². The first-order valence-electron chi connectivity index (χ1n) is 12.8. The number of nitrogens with one attached hydrogen (secondary N) is 2. The lowest BCUT2D eigenvalue weighted by molar-refractivity contribution is 0.110. The summed E-state index contributed by atoms with van der Waals surface area (Å²) >= 11 is 5.98. The van der Waals surface area contributed by atoms with Gasteiger partial charge in [0.05, 0.1) is 17.7 Å². The molecule has 228 valence electrons. The number of carbonyl (C=O) groups is 2. The van der Waals surface area contributed by atoms with Crippen LogP contribution in [0.1, 0.15) is 24.8 Å². The van der Waals surface area contributed by atoms with Crippen LogP contribution in [0, 0.1) is 11.6 Å². The lowest BCUT2D eigenvalue weighted by Gasteiger charge is -2.28. The van der Waals surface area contributed by atoms with Crippen LogP contribution in [0.3, 0.4) is 0 Å². The van der Waals surface area contributed by atoms with Crippen molar-refractivity contribution in [1.29, 1.82) is 0 Å². The maximum Gasteiger partial charge on any atom is 0.474 e. The van der Waals surface area contributed by atoms with E-state index in [1.54, 1.807) is 12.1 Å². The monoisotopic (exact) mass is 628 g/mol. The number of amides is 3. The second kappa shape index (κ2) is 15.8. The van der Waals surface area contributed by atoms with Gasteiger partial charge < -0.3 is 15.0 Å². The Hall–Kier alpha value is -3.35. The van der Waals surface area contributed by atoms with Gasteiger partial charge in [0.15, 0.2) is 0 Å². The largest absolute Gasteiger partial charge is 0.474 e. The molecule has 0 aliphatic rings. The highest BCUT2D eigenvalue weighted by molar-refractivity contribution is 7.48. The van der Waals surface area contributed by atoms with E-state index in [4.69, 9.17) is 29.9 Å². The number of urea groups is 1. The van der Waals surface area contributed by atoms with Crippen molar-refractivity contribution >= 4 is 48.1 Å². The number of unbranched alkanes of at least 4 members (excludes halogenated alkanes) is 1. The number of phosphoric ester groups is 1. The number of likely N-dealkylation sites (N-methyl/N-ethyl adjacent to an activating group) is 1. The molecule has 1 heterocycles. The van der Waals surface area contributed by atoms with Crippen LogP contribution in [0.4, 0.5) is 24.2 Å². The second-order valence-corrected chi connectivity index (χ2v) is 11.3. The van der Waals surface area contributed by atoms with Crippen molar-refractivity contribution in [2.75, 3.05) is 39.8 Å². The standard InChI is InChI=1S/C27H32ClF2N4O7P/c1-34(26(35)32-16-19-7-6-9-23(30)25(19)28)22(8-4-5-12-41-42(37,38-2)39-3)17-40-27(36)33-24-14-20-13-21(29)11-10-18(20)15-31-24/h6-7,9-11,13-15,22H,4-5,8,12,16-17H2,1-3H3,(H,32,35)(H,31,33,36)/t22-/m0/s1. The summed E-state index contributed by atoms with van der Waals surface area (Å²) in [5.74, 6) is -0.872. The number of carbonyl (C=O) groups excluding carboxylic acids is 2. The number of ether oxygens (including phenoxy) is 1. The molecule has 0 fully saturated rings. The maximum atomic E-state index is 13.8. The predicted octanol–water partition coefficient (Wildman–Crippen LogP) is 6.51. The number of hydrogen-bond acceptors (Lipinski definition) is 8. The lowest BCUT2D eigenvalue weighted by atomic mass is 10.1. The third-order valence-corrected chi connectivity index (χ3v) is 8.10. The van der Waals surface area contributed by atoms with E-state index in [0.717, 1.165) is 0 Å². The number of anilines is 1. The summed E-state index contributed by atoms with van der Waals surface area (Å²) in [5, 5.41) is 6.32. The maximum absolute atomic E-state index is 13.8. The number of rotatable bonds is 14. The minimum atomic E-state index is -3.62. The van der Waals surface area contributed by atoms with E-state index in [0.29, 0.717) is 35.6 Å². The van der Waals surface area contributed by atoms with Gasteiger partial charge in [-0.3, -0.25) is 18.9 Å². The molecular weight excluding hydrogens is 597 g/mol. The van der Waals surface area contributed by atoms with Crippen LogP contribution in [0.5, 0.6) is 0 Å². The SMILES string of the molecule is COP(=O)(OC)OCCCC[C@@H](COC(=O)Nc1cc2cc(F)ccc2cn1)N(C)C(=O)NCc1cccc(F)c1Cl. The zero-order valence-electron chi connectivity index (χ0n) is 23.3. The number of nitrogens with zero attached hydrogens (tertiary/aromatic N) is 2. The summed E-state index contributed by atoms with van der Waals surface area (Å²) in [5.41, 5.74) is 0.395. The molecular formula is C27H32ClF2N4O7P. The van der Waals surface area contributed by atoms with Crippen LogP contribution in [0.25, 0.3) is 10.8 Å². The molecule has 3 rings (SSSR count). The first-order chi connectivity index (χ1) is 20.0. The van der Waals surface area contributed by atoms with Crippen molar-refractivity contribution in [3.05, 3.63) is 70.9 Å². The molecule has 3 aromatic rings. The van der Waals surface area contributed by atoms with Gasteiger partial charge in [-0.15, -0.1) is 0 Å². The molecule has 0 aliphatic heterocycles. The highest BCUT2D eigenvalue weighted by Crippen LogP contribution is 2.47. The predicted molar refractivity (Wildman–Crippen MR) is 153 cm³/mol. The van der Waals surface area contributed by atoms with Crippen LogP contribution in [-0.4, -0.2) is 62.5 Å². The fourth-order valence-corrected chi connectivity index (χ4v) is 4.77. The Morgan fingerprint density at radius 2 is 1.86 bits per heavy atom. The highest BCUT2D eigenvalue weighted by atomic mass is 35.5. The summed E-state index contributed by atoms with van der Waals surface area (Å²) in [6.07, 6.45) is 1.97. The molecule has 0 spiro atoms. The van der Waals surface area contributed by atoms with Gasteiger partial charge >= 0.3 is 19.9 Å². The molecule has 0 bridgehead atoms. The quantitative estimate of drug-likeness (QED) is 0.153. The van der Waals surface area contributed by atoms with Crippen LogP contribution in [0.2, 0.25) is 5.02 Å². The average molecular weight is 629 g/mol. The van der Waals surface area contributed by atoms with Crippen molar-refractivity contribution < 1.29 is 41.2 Å². The molecule has 1 atom stereocenters. The number of aromatic nitrogens is 1. The number of hydrogen-bond donors (Lipinski definition) is 2. The zero-order valence-corrected chi connectivity index (χ0v) is 24.9. The van der Waals surface area contributed by atoms with E-state index in [9.17, 15) is 22.9 Å². The Bertz CT molecular complexity index is 1430. The number of benzene rings is 2. The van der Waals surface area contributed by atoms with Crippen LogP contribution in [0.15, 0.2) is 48.7 Å². The minimum absolute atomic E-state index is 0.0286. The molecule has 42 heavy (non-hydrogen) atoms. The van der Waals surface area contributed by atoms with E-state index < -0.39 is 37.6 Å². The Kier molecular flexibility index (Phi) is 12.4. The topological polar surface area (TPSA) is 128 Å². The molecule has 0 unspecified atom stereocenters. The van der Waals surface area contributed by atoms with Gasteiger partial charge in [0.1, 0.15) is 24.1 Å². The van der Waals surface area contributed by atoms with Crippen LogP contribution >= 0.6 is 19.4 Å². The van der Waals surface area contributed by atoms with Gasteiger partial charge in [-0.1, -0.05) is 23.7 Å². The molecule has 0 saturated carbocycles. The number of fused-ring (bicyclic) bond motifs is 1. The summed E-state index contributed by atoms with van der Waals surface area (Å²) in [4.78, 5) is 31.0. The van der Waals surface area contributed by atoms with E-state index >= 15 is 0 Å². The summed E-state index contributed by atoms with van der Waals surface area (Å²) in [7, 11) is 0.317. The molecule has 2 N–H and O–H groups in total. The Morgan fingerprint density at radius 3 is 2.60 bits per heavy atom. The minimum Gasteiger partial charge on any atom is -0.447 e.